The van der Waals surface area contributed by atoms with E-state index in [2.05, 4.69) is 20.3 Å². The van der Waals surface area contributed by atoms with E-state index in [0.29, 0.717) is 12.3 Å². The van der Waals surface area contributed by atoms with Crippen molar-refractivity contribution in [1.29, 1.82) is 0 Å². The van der Waals surface area contributed by atoms with Crippen LogP contribution in [-0.2, 0) is 6.42 Å². The van der Waals surface area contributed by atoms with E-state index in [1.807, 2.05) is 12.1 Å². The van der Waals surface area contributed by atoms with E-state index in [1.165, 1.54) is 0 Å². The first-order valence-electron chi connectivity index (χ1n) is 13.5. The maximum Gasteiger partial charge on any atom is 0.302 e. The number of carbonyl (C=O) groups is 1. The lowest BCUT2D eigenvalue weighted by Crippen LogP contribution is -2.47. The molecule has 0 saturated heterocycles. The van der Waals surface area contributed by atoms with Gasteiger partial charge in [0, 0.05) is 26.2 Å². The van der Waals surface area contributed by atoms with Gasteiger partial charge in [-0.1, -0.05) is 23.7 Å². The second-order valence-corrected chi connectivity index (χ2v) is 10.1. The first-order valence-corrected chi connectivity index (χ1v) is 13.9. The van der Waals surface area contributed by atoms with Crippen molar-refractivity contribution >= 4 is 59.9 Å². The summed E-state index contributed by atoms with van der Waals surface area (Å²) < 4.78 is 5.76. The second-order valence-electron chi connectivity index (χ2n) is 9.71. The topological polar surface area (TPSA) is 279 Å². The number of benzene rings is 1. The number of nitrogen functional groups attached to an aromatic ring is 2. The van der Waals surface area contributed by atoms with Crippen molar-refractivity contribution in [2.75, 3.05) is 57.5 Å². The maximum absolute atomic E-state index is 12.2. The molecule has 1 heterocycles. The Morgan fingerprint density at radius 3 is 2.07 bits per heavy atom. The summed E-state index contributed by atoms with van der Waals surface area (Å²) in [5, 5.41) is 60.2. The van der Waals surface area contributed by atoms with Gasteiger partial charge in [0.2, 0.25) is 0 Å². The Bertz CT molecular complexity index is 1170. The SMILES string of the molecule is Cl.Cl.NC(=NC(=O)c1nc(Cl)c(N)nc1N)NCCCCc1ccc(OCCN(C[C@@H](O)[C@@H](O)CO)C[C@@H](O)[C@@H](O)CO)cc1. The number of halogens is 3. The van der Waals surface area contributed by atoms with Crippen LogP contribution in [0.1, 0.15) is 28.9 Å². The number of anilines is 2. The highest BCUT2D eigenvalue weighted by molar-refractivity contribution is 6.31. The van der Waals surface area contributed by atoms with Gasteiger partial charge in [0.1, 0.15) is 24.6 Å². The van der Waals surface area contributed by atoms with E-state index < -0.39 is 43.5 Å². The molecule has 1 aromatic carbocycles. The monoisotopic (exact) mass is 700 g/mol. The number of aryl methyl sites for hydroxylation is 1. The number of nitrogens with two attached hydrogens (primary N) is 3. The van der Waals surface area contributed by atoms with E-state index in [-0.39, 0.29) is 79.5 Å². The highest BCUT2D eigenvalue weighted by Crippen LogP contribution is 2.18. The standard InChI is InChI=1S/C26H41ClN8O8.2ClH/c27-22-24(29)33-23(28)21(32-22)25(42)34-26(30)31-8-2-1-3-15-4-6-16(7-5-15)43-10-9-35(11-17(38)19(40)13-36)12-18(39)20(41)14-37;;/h4-7,17-20,36-41H,1-3,8-14H2,(H4,28,29,33)(H3,30,31,34,42);2*1H/t17-,18-,19+,20+;;/m1../s1. The third kappa shape index (κ3) is 14.9. The zero-order chi connectivity index (χ0) is 31.9. The predicted molar refractivity (Wildman–Crippen MR) is 174 cm³/mol. The molecule has 19 heteroatoms. The van der Waals surface area contributed by atoms with Gasteiger partial charge in [-0.2, -0.15) is 4.99 Å². The number of rotatable bonds is 18. The number of unbranched alkanes of at least 4 members (excludes halogenated alkanes) is 1. The molecule has 256 valence electrons. The van der Waals surface area contributed by atoms with Crippen LogP contribution in [0.3, 0.4) is 0 Å². The van der Waals surface area contributed by atoms with E-state index in [9.17, 15) is 25.2 Å². The number of ether oxygens (including phenoxy) is 1. The van der Waals surface area contributed by atoms with Gasteiger partial charge in [0.15, 0.2) is 28.4 Å². The maximum atomic E-state index is 12.2. The number of hydrogen-bond acceptors (Lipinski definition) is 13. The number of aromatic nitrogens is 2. The van der Waals surface area contributed by atoms with E-state index >= 15 is 0 Å². The summed E-state index contributed by atoms with van der Waals surface area (Å²) in [6.45, 7) is -0.584. The normalized spacial score (nSPS) is 14.1. The third-order valence-electron chi connectivity index (χ3n) is 6.28. The number of aliphatic imine (C=N–C) groups is 1. The van der Waals surface area contributed by atoms with Crippen LogP contribution in [0, 0.1) is 0 Å². The molecule has 13 N–H and O–H groups in total. The van der Waals surface area contributed by atoms with Crippen molar-refractivity contribution < 1.29 is 40.2 Å². The molecule has 0 aliphatic heterocycles. The number of nitrogens with one attached hydrogen (secondary N) is 1. The summed E-state index contributed by atoms with van der Waals surface area (Å²) in [5.74, 6) is -0.607. The van der Waals surface area contributed by atoms with Gasteiger partial charge in [-0.3, -0.25) is 9.69 Å². The van der Waals surface area contributed by atoms with Gasteiger partial charge in [0.05, 0.1) is 25.4 Å². The quantitative estimate of drug-likeness (QED) is 0.0472. The highest BCUT2D eigenvalue weighted by Gasteiger charge is 2.24. The summed E-state index contributed by atoms with van der Waals surface area (Å²) in [7, 11) is 0. The fourth-order valence-electron chi connectivity index (χ4n) is 3.79. The minimum atomic E-state index is -1.36. The molecule has 16 nitrogen and oxygen atoms in total. The fourth-order valence-corrected chi connectivity index (χ4v) is 3.92. The number of amides is 1. The molecule has 0 bridgehead atoms. The number of aliphatic hydroxyl groups is 6. The summed E-state index contributed by atoms with van der Waals surface area (Å²) in [6.07, 6.45) is -2.96. The van der Waals surface area contributed by atoms with Crippen LogP contribution in [0.15, 0.2) is 29.3 Å². The van der Waals surface area contributed by atoms with Crippen molar-refractivity contribution in [3.8, 4) is 5.75 Å². The number of hydrogen-bond donors (Lipinski definition) is 10. The lowest BCUT2D eigenvalue weighted by atomic mass is 10.1. The molecule has 4 atom stereocenters. The molecule has 0 unspecified atom stereocenters. The Balaban J connectivity index is 0.00000968. The number of nitrogens with zero attached hydrogens (tertiary/aromatic N) is 4. The van der Waals surface area contributed by atoms with Gasteiger partial charge >= 0.3 is 5.91 Å². The molecule has 1 aromatic heterocycles. The van der Waals surface area contributed by atoms with E-state index in [4.69, 9.17) is 43.8 Å². The molecular formula is C26H43Cl3N8O8. The lowest BCUT2D eigenvalue weighted by Gasteiger charge is -2.29. The van der Waals surface area contributed by atoms with E-state index in [1.54, 1.807) is 17.0 Å². The molecule has 0 radical (unpaired) electrons. The zero-order valence-corrected chi connectivity index (χ0v) is 26.8. The van der Waals surface area contributed by atoms with Gasteiger partial charge in [-0.15, -0.1) is 24.8 Å². The van der Waals surface area contributed by atoms with Crippen LogP contribution in [0.25, 0.3) is 0 Å². The molecule has 0 aliphatic carbocycles. The predicted octanol–water partition coefficient (Wildman–Crippen LogP) is -1.69. The zero-order valence-electron chi connectivity index (χ0n) is 24.4. The van der Waals surface area contributed by atoms with Crippen molar-refractivity contribution in [1.82, 2.24) is 20.2 Å². The van der Waals surface area contributed by atoms with Gasteiger partial charge in [-0.05, 0) is 37.0 Å². The summed E-state index contributed by atoms with van der Waals surface area (Å²) in [4.78, 5) is 25.0. The first-order chi connectivity index (χ1) is 20.4. The second kappa shape index (κ2) is 21.9. The fraction of sp³-hybridized carbons (Fsp3) is 0.538. The van der Waals surface area contributed by atoms with Crippen LogP contribution in [0.4, 0.5) is 11.6 Å². The van der Waals surface area contributed by atoms with Crippen molar-refractivity contribution in [2.24, 2.45) is 10.7 Å². The summed E-state index contributed by atoms with van der Waals surface area (Å²) in [5.41, 5.74) is 17.7. The molecular weight excluding hydrogens is 659 g/mol. The number of guanidine groups is 1. The average Bonchev–Trinajstić information content (AvgIpc) is 2.98. The van der Waals surface area contributed by atoms with Crippen LogP contribution < -0.4 is 27.3 Å². The molecule has 2 rings (SSSR count). The smallest absolute Gasteiger partial charge is 0.302 e. The summed E-state index contributed by atoms with van der Waals surface area (Å²) in [6, 6.07) is 7.45. The highest BCUT2D eigenvalue weighted by atomic mass is 35.5. The largest absolute Gasteiger partial charge is 0.492 e. The molecule has 0 spiro atoms. The van der Waals surface area contributed by atoms with Crippen LogP contribution in [-0.4, -0.2) is 128 Å². The Morgan fingerprint density at radius 1 is 0.933 bits per heavy atom. The molecule has 0 fully saturated rings. The molecule has 2 aromatic rings. The van der Waals surface area contributed by atoms with Gasteiger partial charge < -0.3 is 57.9 Å². The van der Waals surface area contributed by atoms with Crippen molar-refractivity contribution in [2.45, 2.75) is 43.7 Å². The molecule has 1 amide bonds. The third-order valence-corrected chi connectivity index (χ3v) is 6.56. The number of carbonyl (C=O) groups excluding carboxylic acids is 1. The Hall–Kier alpha value is -2.77. The number of aliphatic hydroxyl groups excluding tert-OH is 6. The molecule has 0 saturated carbocycles. The minimum Gasteiger partial charge on any atom is -0.492 e. The van der Waals surface area contributed by atoms with Crippen LogP contribution >= 0.6 is 36.4 Å². The molecule has 45 heavy (non-hydrogen) atoms. The Kier molecular flexibility index (Phi) is 20.5. The van der Waals surface area contributed by atoms with E-state index in [0.717, 1.165) is 24.8 Å². The Morgan fingerprint density at radius 2 is 1.51 bits per heavy atom. The average molecular weight is 702 g/mol. The van der Waals surface area contributed by atoms with Gasteiger partial charge in [-0.25, -0.2) is 9.97 Å². The first kappa shape index (κ1) is 42.2. The van der Waals surface area contributed by atoms with Crippen molar-refractivity contribution in [3.63, 3.8) is 0 Å². The summed E-state index contributed by atoms with van der Waals surface area (Å²) >= 11 is 5.78. The van der Waals surface area contributed by atoms with Crippen LogP contribution in [0.5, 0.6) is 5.75 Å². The minimum absolute atomic E-state index is 0. The van der Waals surface area contributed by atoms with Crippen molar-refractivity contribution in [3.05, 3.63) is 40.7 Å². The van der Waals surface area contributed by atoms with Gasteiger partial charge in [0.25, 0.3) is 0 Å². The molecule has 0 aliphatic rings. The van der Waals surface area contributed by atoms with Crippen LogP contribution in [0.2, 0.25) is 5.15 Å². The Labute approximate surface area is 278 Å². The lowest BCUT2D eigenvalue weighted by molar-refractivity contribution is -0.0551.